The Balaban J connectivity index is 1.84. The van der Waals surface area contributed by atoms with Gasteiger partial charge in [0.15, 0.2) is 5.82 Å². The number of amides is 1. The molecule has 1 aliphatic rings. The van der Waals surface area contributed by atoms with Crippen LogP contribution in [0.2, 0.25) is 5.02 Å². The van der Waals surface area contributed by atoms with Crippen LogP contribution in [0.3, 0.4) is 0 Å². The number of nitrogens with zero attached hydrogens (tertiary/aromatic N) is 2. The fourth-order valence-electron chi connectivity index (χ4n) is 3.20. The largest absolute Gasteiger partial charge is 0.360 e. The van der Waals surface area contributed by atoms with E-state index in [0.29, 0.717) is 10.6 Å². The van der Waals surface area contributed by atoms with E-state index in [1.165, 1.54) is 0 Å². The van der Waals surface area contributed by atoms with Gasteiger partial charge in [-0.3, -0.25) is 9.36 Å². The highest BCUT2D eigenvalue weighted by Crippen LogP contribution is 2.35. The molecule has 4 rings (SSSR count). The monoisotopic (exact) mass is 353 g/mol. The minimum atomic E-state index is -0.126. The molecule has 0 radical (unpaired) electrons. The molecule has 1 N–H and O–H groups in total. The SMILES string of the molecule is Cc1cc(-n2c(C)cc(/C=C3\C(=O)Nc4ccc(Cl)cc43)c2C)no1. The number of aromatic nitrogens is 2. The second-order valence-electron chi connectivity index (χ2n) is 6.16. The molecule has 3 aromatic rings. The Morgan fingerprint density at radius 3 is 2.72 bits per heavy atom. The van der Waals surface area contributed by atoms with Gasteiger partial charge in [-0.15, -0.1) is 0 Å². The lowest BCUT2D eigenvalue weighted by Gasteiger charge is -2.04. The first-order chi connectivity index (χ1) is 11.9. The minimum Gasteiger partial charge on any atom is -0.360 e. The van der Waals surface area contributed by atoms with E-state index < -0.39 is 0 Å². The van der Waals surface area contributed by atoms with Crippen molar-refractivity contribution in [1.29, 1.82) is 0 Å². The molecule has 0 atom stereocenters. The van der Waals surface area contributed by atoms with E-state index in [-0.39, 0.29) is 5.91 Å². The molecule has 0 fully saturated rings. The van der Waals surface area contributed by atoms with Gasteiger partial charge in [0.2, 0.25) is 0 Å². The van der Waals surface area contributed by atoms with Gasteiger partial charge in [0.05, 0.1) is 0 Å². The number of hydrogen-bond acceptors (Lipinski definition) is 3. The average Bonchev–Trinajstić information content (AvgIpc) is 3.18. The molecule has 5 nitrogen and oxygen atoms in total. The molecule has 0 aliphatic carbocycles. The van der Waals surface area contributed by atoms with Gasteiger partial charge in [-0.2, -0.15) is 0 Å². The van der Waals surface area contributed by atoms with E-state index in [2.05, 4.69) is 10.5 Å². The number of hydrogen-bond donors (Lipinski definition) is 1. The smallest absolute Gasteiger partial charge is 0.256 e. The molecule has 0 bridgehead atoms. The van der Waals surface area contributed by atoms with Gasteiger partial charge in [0, 0.05) is 39.3 Å². The minimum absolute atomic E-state index is 0.126. The molecular weight excluding hydrogens is 338 g/mol. The molecule has 2 aromatic heterocycles. The molecule has 1 aromatic carbocycles. The lowest BCUT2D eigenvalue weighted by molar-refractivity contribution is -0.110. The number of halogens is 1. The number of rotatable bonds is 2. The van der Waals surface area contributed by atoms with Crippen molar-refractivity contribution in [2.45, 2.75) is 20.8 Å². The van der Waals surface area contributed by atoms with E-state index in [4.69, 9.17) is 16.1 Å². The molecule has 0 saturated heterocycles. The van der Waals surface area contributed by atoms with Crippen molar-refractivity contribution in [2.24, 2.45) is 0 Å². The number of benzene rings is 1. The molecule has 3 heterocycles. The van der Waals surface area contributed by atoms with E-state index in [9.17, 15) is 4.79 Å². The van der Waals surface area contributed by atoms with Crippen LogP contribution in [-0.4, -0.2) is 15.6 Å². The van der Waals surface area contributed by atoms with Crippen LogP contribution in [0.4, 0.5) is 5.69 Å². The molecule has 0 unspecified atom stereocenters. The zero-order chi connectivity index (χ0) is 17.7. The Hall–Kier alpha value is -2.79. The lowest BCUT2D eigenvalue weighted by Crippen LogP contribution is -2.03. The number of anilines is 1. The Labute approximate surface area is 149 Å². The predicted molar refractivity (Wildman–Crippen MR) is 98.0 cm³/mol. The molecule has 126 valence electrons. The van der Waals surface area contributed by atoms with Gasteiger partial charge in [0.25, 0.3) is 5.91 Å². The zero-order valence-corrected chi connectivity index (χ0v) is 14.8. The molecule has 25 heavy (non-hydrogen) atoms. The summed E-state index contributed by atoms with van der Waals surface area (Å²) in [7, 11) is 0. The van der Waals surface area contributed by atoms with Crippen molar-refractivity contribution in [2.75, 3.05) is 5.32 Å². The van der Waals surface area contributed by atoms with Crippen LogP contribution in [0.5, 0.6) is 0 Å². The quantitative estimate of drug-likeness (QED) is 0.688. The number of nitrogens with one attached hydrogen (secondary N) is 1. The average molecular weight is 354 g/mol. The highest BCUT2D eigenvalue weighted by atomic mass is 35.5. The third kappa shape index (κ3) is 2.57. The van der Waals surface area contributed by atoms with Crippen LogP contribution in [0.25, 0.3) is 17.5 Å². The molecular formula is C19H16ClN3O2. The topological polar surface area (TPSA) is 60.1 Å². The zero-order valence-electron chi connectivity index (χ0n) is 14.1. The Bertz CT molecular complexity index is 1040. The van der Waals surface area contributed by atoms with Crippen molar-refractivity contribution in [1.82, 2.24) is 9.72 Å². The Kier molecular flexibility index (Phi) is 3.54. The van der Waals surface area contributed by atoms with Crippen molar-refractivity contribution in [3.63, 3.8) is 0 Å². The fraction of sp³-hybridized carbons (Fsp3) is 0.158. The Morgan fingerprint density at radius 1 is 1.20 bits per heavy atom. The van der Waals surface area contributed by atoms with Crippen molar-refractivity contribution < 1.29 is 9.32 Å². The van der Waals surface area contributed by atoms with Crippen LogP contribution in [0.1, 0.15) is 28.3 Å². The van der Waals surface area contributed by atoms with Gasteiger partial charge in [-0.1, -0.05) is 16.8 Å². The van der Waals surface area contributed by atoms with Crippen LogP contribution in [-0.2, 0) is 4.79 Å². The van der Waals surface area contributed by atoms with Crippen LogP contribution in [0.15, 0.2) is 34.9 Å². The highest BCUT2D eigenvalue weighted by molar-refractivity contribution is 6.36. The Morgan fingerprint density at radius 2 is 2.00 bits per heavy atom. The third-order valence-electron chi connectivity index (χ3n) is 4.38. The van der Waals surface area contributed by atoms with Crippen LogP contribution in [0, 0.1) is 20.8 Å². The molecule has 0 saturated carbocycles. The van der Waals surface area contributed by atoms with Crippen LogP contribution < -0.4 is 5.32 Å². The first-order valence-corrected chi connectivity index (χ1v) is 8.27. The number of carbonyl (C=O) groups is 1. The number of carbonyl (C=O) groups excluding carboxylic acids is 1. The summed E-state index contributed by atoms with van der Waals surface area (Å²) < 4.78 is 7.19. The van der Waals surface area contributed by atoms with Gasteiger partial charge in [-0.25, -0.2) is 0 Å². The van der Waals surface area contributed by atoms with Crippen molar-refractivity contribution in [3.05, 3.63) is 63.6 Å². The maximum Gasteiger partial charge on any atom is 0.256 e. The summed E-state index contributed by atoms with van der Waals surface area (Å²) >= 11 is 6.09. The highest BCUT2D eigenvalue weighted by Gasteiger charge is 2.25. The first-order valence-electron chi connectivity index (χ1n) is 7.89. The van der Waals surface area contributed by atoms with Crippen LogP contribution >= 0.6 is 11.6 Å². The van der Waals surface area contributed by atoms with E-state index in [1.54, 1.807) is 12.1 Å². The molecule has 0 spiro atoms. The van der Waals surface area contributed by atoms with Crippen molar-refractivity contribution in [3.8, 4) is 5.82 Å². The summed E-state index contributed by atoms with van der Waals surface area (Å²) in [6, 6.07) is 9.30. The first kappa shape index (κ1) is 15.7. The van der Waals surface area contributed by atoms with E-state index in [0.717, 1.165) is 39.8 Å². The predicted octanol–water partition coefficient (Wildman–Crippen LogP) is 4.54. The summed E-state index contributed by atoms with van der Waals surface area (Å²) in [5, 5.41) is 7.56. The number of aryl methyl sites for hydroxylation is 2. The molecule has 1 aliphatic heterocycles. The van der Waals surface area contributed by atoms with Crippen molar-refractivity contribution >= 4 is 34.8 Å². The summed E-state index contributed by atoms with van der Waals surface area (Å²) in [6.45, 7) is 5.85. The standard InChI is InChI=1S/C19H16ClN3O2/c1-10-6-13(12(3)23(10)18-7-11(2)25-22-18)8-16-15-9-14(20)4-5-17(15)21-19(16)24/h4-9H,1-3H3,(H,21,24)/b16-8-. The second kappa shape index (κ2) is 5.63. The molecule has 6 heteroatoms. The second-order valence-corrected chi connectivity index (χ2v) is 6.60. The normalized spacial score (nSPS) is 14.9. The van der Waals surface area contributed by atoms with Gasteiger partial charge >= 0.3 is 0 Å². The maximum atomic E-state index is 12.4. The summed E-state index contributed by atoms with van der Waals surface area (Å²) in [6.07, 6.45) is 1.89. The van der Waals surface area contributed by atoms with Gasteiger partial charge < -0.3 is 9.84 Å². The summed E-state index contributed by atoms with van der Waals surface area (Å²) in [4.78, 5) is 12.4. The number of fused-ring (bicyclic) bond motifs is 1. The van der Waals surface area contributed by atoms with E-state index in [1.807, 2.05) is 49.6 Å². The van der Waals surface area contributed by atoms with Gasteiger partial charge in [0.1, 0.15) is 5.76 Å². The third-order valence-corrected chi connectivity index (χ3v) is 4.61. The molecule has 1 amide bonds. The lowest BCUT2D eigenvalue weighted by atomic mass is 10.0. The maximum absolute atomic E-state index is 12.4. The fourth-order valence-corrected chi connectivity index (χ4v) is 3.38. The summed E-state index contributed by atoms with van der Waals surface area (Å²) in [5.74, 6) is 1.36. The van der Waals surface area contributed by atoms with E-state index >= 15 is 0 Å². The van der Waals surface area contributed by atoms with Gasteiger partial charge in [-0.05, 0) is 56.7 Å². The summed E-state index contributed by atoms with van der Waals surface area (Å²) in [5.41, 5.74) is 5.16.